The maximum Gasteiger partial charge on any atom is 0.138 e. The largest absolute Gasteiger partial charge is 0.492 e. The van der Waals surface area contributed by atoms with Gasteiger partial charge in [0.25, 0.3) is 0 Å². The van der Waals surface area contributed by atoms with E-state index in [1.54, 1.807) is 0 Å². The summed E-state index contributed by atoms with van der Waals surface area (Å²) in [6.45, 7) is 6.86. The van der Waals surface area contributed by atoms with Gasteiger partial charge in [-0.05, 0) is 48.0 Å². The Morgan fingerprint density at radius 1 is 1.05 bits per heavy atom. The van der Waals surface area contributed by atoms with Gasteiger partial charge in [0.05, 0.1) is 11.1 Å². The summed E-state index contributed by atoms with van der Waals surface area (Å²) in [5.74, 6) is 0.953. The predicted molar refractivity (Wildman–Crippen MR) is 93.5 cm³/mol. The molecule has 0 unspecified atom stereocenters. The van der Waals surface area contributed by atoms with Crippen LogP contribution < -0.4 is 10.1 Å². The summed E-state index contributed by atoms with van der Waals surface area (Å²) < 4.78 is 7.81. The molecule has 0 aromatic heterocycles. The fourth-order valence-corrected chi connectivity index (χ4v) is 3.56. The number of hydrogen-bond donors (Lipinski definition) is 1. The molecule has 0 radical (unpaired) electrons. The van der Waals surface area contributed by atoms with Crippen LogP contribution in [0.5, 0.6) is 5.75 Å². The highest BCUT2D eigenvalue weighted by Crippen LogP contribution is 2.32. The van der Waals surface area contributed by atoms with E-state index in [4.69, 9.17) is 4.74 Å². The molecule has 1 aromatic rings. The van der Waals surface area contributed by atoms with Crippen LogP contribution in [0.4, 0.5) is 0 Å². The molecule has 0 aliphatic carbocycles. The number of nitrogens with one attached hydrogen (secondary N) is 1. The van der Waals surface area contributed by atoms with Crippen molar-refractivity contribution >= 4 is 31.9 Å². The first-order chi connectivity index (χ1) is 9.69. The summed E-state index contributed by atoms with van der Waals surface area (Å²) >= 11 is 7.10. The molecule has 114 valence electrons. The Morgan fingerprint density at radius 3 is 2.50 bits per heavy atom. The Labute approximate surface area is 139 Å². The highest BCUT2D eigenvalue weighted by atomic mass is 79.9. The molecule has 0 aliphatic rings. The van der Waals surface area contributed by atoms with Crippen LogP contribution in [0.2, 0.25) is 0 Å². The van der Waals surface area contributed by atoms with Crippen LogP contribution in [0, 0.1) is 0 Å². The zero-order valence-electron chi connectivity index (χ0n) is 12.5. The summed E-state index contributed by atoms with van der Waals surface area (Å²) in [6.07, 6.45) is 6.58. The lowest BCUT2D eigenvalue weighted by Crippen LogP contribution is -2.15. The summed E-state index contributed by atoms with van der Waals surface area (Å²) in [4.78, 5) is 0. The Morgan fingerprint density at radius 2 is 1.80 bits per heavy atom. The molecule has 1 rings (SSSR count). The van der Waals surface area contributed by atoms with Crippen LogP contribution in [-0.2, 0) is 6.54 Å². The Hall–Kier alpha value is -0.0600. The quantitative estimate of drug-likeness (QED) is 0.505. The first-order valence-electron chi connectivity index (χ1n) is 7.50. The maximum absolute atomic E-state index is 5.73. The zero-order valence-corrected chi connectivity index (χ0v) is 15.6. The summed E-state index contributed by atoms with van der Waals surface area (Å²) in [5, 5.41) is 3.51. The lowest BCUT2D eigenvalue weighted by atomic mass is 10.1. The minimum atomic E-state index is 0.685. The molecular formula is C16H25Br2NO. The molecule has 0 fully saturated rings. The van der Waals surface area contributed by atoms with E-state index >= 15 is 0 Å². The Kier molecular flexibility index (Phi) is 9.57. The SMILES string of the molecule is CCCCCCCNCc1cc(Br)cc(Br)c1OCC. The molecule has 0 heterocycles. The average molecular weight is 407 g/mol. The van der Waals surface area contributed by atoms with E-state index < -0.39 is 0 Å². The topological polar surface area (TPSA) is 21.3 Å². The van der Waals surface area contributed by atoms with Gasteiger partial charge in [-0.2, -0.15) is 0 Å². The third-order valence-corrected chi connectivity index (χ3v) is 4.19. The molecule has 4 heteroatoms. The first-order valence-corrected chi connectivity index (χ1v) is 9.09. The van der Waals surface area contributed by atoms with Gasteiger partial charge in [0.2, 0.25) is 0 Å². The van der Waals surface area contributed by atoms with Crippen molar-refractivity contribution in [2.75, 3.05) is 13.2 Å². The van der Waals surface area contributed by atoms with E-state index in [-0.39, 0.29) is 0 Å². The predicted octanol–water partition coefficient (Wildman–Crippen LogP) is 5.67. The van der Waals surface area contributed by atoms with Gasteiger partial charge < -0.3 is 10.1 Å². The molecule has 0 spiro atoms. The van der Waals surface area contributed by atoms with Crippen molar-refractivity contribution in [2.45, 2.75) is 52.5 Å². The molecule has 0 saturated heterocycles. The van der Waals surface area contributed by atoms with E-state index in [1.807, 2.05) is 13.0 Å². The van der Waals surface area contributed by atoms with Crippen LogP contribution in [0.3, 0.4) is 0 Å². The van der Waals surface area contributed by atoms with Crippen LogP contribution in [0.25, 0.3) is 0 Å². The van der Waals surface area contributed by atoms with E-state index in [0.29, 0.717) is 6.61 Å². The lowest BCUT2D eigenvalue weighted by molar-refractivity contribution is 0.333. The maximum atomic E-state index is 5.73. The van der Waals surface area contributed by atoms with E-state index in [2.05, 4.69) is 50.2 Å². The fraction of sp³-hybridized carbons (Fsp3) is 0.625. The van der Waals surface area contributed by atoms with Crippen molar-refractivity contribution < 1.29 is 4.74 Å². The van der Waals surface area contributed by atoms with Gasteiger partial charge >= 0.3 is 0 Å². The number of rotatable bonds is 10. The third-order valence-electron chi connectivity index (χ3n) is 3.15. The second-order valence-electron chi connectivity index (χ2n) is 4.90. The number of halogens is 2. The third kappa shape index (κ3) is 6.59. The second kappa shape index (κ2) is 10.6. The van der Waals surface area contributed by atoms with Gasteiger partial charge in [-0.15, -0.1) is 0 Å². The second-order valence-corrected chi connectivity index (χ2v) is 6.67. The van der Waals surface area contributed by atoms with Crippen molar-refractivity contribution in [3.05, 3.63) is 26.6 Å². The van der Waals surface area contributed by atoms with Crippen LogP contribution >= 0.6 is 31.9 Å². The van der Waals surface area contributed by atoms with E-state index in [1.165, 1.54) is 37.7 Å². The Bertz CT molecular complexity index is 396. The number of hydrogen-bond acceptors (Lipinski definition) is 2. The molecule has 0 aliphatic heterocycles. The monoisotopic (exact) mass is 405 g/mol. The van der Waals surface area contributed by atoms with Crippen LogP contribution in [-0.4, -0.2) is 13.2 Å². The molecule has 0 saturated carbocycles. The standard InChI is InChI=1S/C16H25Br2NO/c1-3-5-6-7-8-9-19-12-13-10-14(17)11-15(18)16(13)20-4-2/h10-11,19H,3-9,12H2,1-2H3. The van der Waals surface area contributed by atoms with Crippen molar-refractivity contribution in [2.24, 2.45) is 0 Å². The van der Waals surface area contributed by atoms with Gasteiger partial charge in [-0.1, -0.05) is 48.5 Å². The highest BCUT2D eigenvalue weighted by Gasteiger charge is 2.09. The molecule has 2 nitrogen and oxygen atoms in total. The fourth-order valence-electron chi connectivity index (χ4n) is 2.13. The average Bonchev–Trinajstić information content (AvgIpc) is 2.41. The van der Waals surface area contributed by atoms with Gasteiger partial charge in [-0.3, -0.25) is 0 Å². The molecule has 0 amide bonds. The number of benzene rings is 1. The molecule has 0 bridgehead atoms. The zero-order chi connectivity index (χ0) is 14.8. The molecule has 1 N–H and O–H groups in total. The van der Waals surface area contributed by atoms with Crippen LogP contribution in [0.1, 0.15) is 51.5 Å². The van der Waals surface area contributed by atoms with Gasteiger partial charge in [0.15, 0.2) is 0 Å². The number of ether oxygens (including phenoxy) is 1. The van der Waals surface area contributed by atoms with Crippen molar-refractivity contribution in [1.82, 2.24) is 5.32 Å². The normalized spacial score (nSPS) is 10.8. The summed E-state index contributed by atoms with van der Waals surface area (Å²) in [6, 6.07) is 4.15. The van der Waals surface area contributed by atoms with Gasteiger partial charge in [0.1, 0.15) is 5.75 Å². The minimum absolute atomic E-state index is 0.685. The molecule has 20 heavy (non-hydrogen) atoms. The van der Waals surface area contributed by atoms with Crippen molar-refractivity contribution in [1.29, 1.82) is 0 Å². The van der Waals surface area contributed by atoms with Crippen molar-refractivity contribution in [3.8, 4) is 5.75 Å². The summed E-state index contributed by atoms with van der Waals surface area (Å²) in [7, 11) is 0. The first kappa shape index (κ1) is 18.0. The number of unbranched alkanes of at least 4 members (excludes halogenated alkanes) is 4. The van der Waals surface area contributed by atoms with E-state index in [0.717, 1.165) is 27.8 Å². The Balaban J connectivity index is 2.42. The highest BCUT2D eigenvalue weighted by molar-refractivity contribution is 9.11. The molecular weight excluding hydrogens is 382 g/mol. The lowest BCUT2D eigenvalue weighted by Gasteiger charge is -2.13. The van der Waals surface area contributed by atoms with Gasteiger partial charge in [0, 0.05) is 16.6 Å². The summed E-state index contributed by atoms with van der Waals surface area (Å²) in [5.41, 5.74) is 1.20. The molecule has 0 atom stereocenters. The smallest absolute Gasteiger partial charge is 0.138 e. The van der Waals surface area contributed by atoms with Gasteiger partial charge in [-0.25, -0.2) is 0 Å². The van der Waals surface area contributed by atoms with Crippen LogP contribution in [0.15, 0.2) is 21.1 Å². The van der Waals surface area contributed by atoms with Crippen molar-refractivity contribution in [3.63, 3.8) is 0 Å². The van der Waals surface area contributed by atoms with E-state index in [9.17, 15) is 0 Å². The molecule has 1 aromatic carbocycles. The minimum Gasteiger partial charge on any atom is -0.492 e.